The Morgan fingerprint density at radius 2 is 1.66 bits per heavy atom. The third kappa shape index (κ3) is 5.20. The number of pyridine rings is 1. The highest BCUT2D eigenvalue weighted by atomic mass is 35.5. The largest absolute Gasteiger partial charge is 0.480 e. The van der Waals surface area contributed by atoms with Crippen LogP contribution < -0.4 is 20.2 Å². The summed E-state index contributed by atoms with van der Waals surface area (Å²) in [7, 11) is 1.57. The molecule has 2 atom stereocenters. The van der Waals surface area contributed by atoms with E-state index in [-0.39, 0.29) is 5.69 Å². The summed E-state index contributed by atoms with van der Waals surface area (Å²) in [4.78, 5) is 22.2. The summed E-state index contributed by atoms with van der Waals surface area (Å²) in [5, 5.41) is 24.1. The van der Waals surface area contributed by atoms with Gasteiger partial charge in [0.2, 0.25) is 5.88 Å². The van der Waals surface area contributed by atoms with Crippen molar-refractivity contribution in [3.8, 4) is 11.6 Å². The number of piperazine rings is 1. The van der Waals surface area contributed by atoms with Crippen LogP contribution in [0.1, 0.15) is 31.1 Å². The minimum Gasteiger partial charge on any atom is -0.480 e. The fraction of sp³-hybridized carbons (Fsp3) is 0.346. The molecule has 0 bridgehead atoms. The maximum absolute atomic E-state index is 13.2. The first-order valence-corrected chi connectivity index (χ1v) is 12.8. The molecule has 1 aromatic carbocycles. The predicted octanol–water partition coefficient (Wildman–Crippen LogP) is 2.89. The quantitative estimate of drug-likeness (QED) is 0.363. The molecule has 0 aliphatic carbocycles. The molecule has 1 aliphatic heterocycles. The molecule has 1 saturated heterocycles. The lowest BCUT2D eigenvalue weighted by Crippen LogP contribution is -2.47. The molecule has 38 heavy (non-hydrogen) atoms. The van der Waals surface area contributed by atoms with Gasteiger partial charge in [0, 0.05) is 37.3 Å². The number of rotatable bonds is 8. The van der Waals surface area contributed by atoms with Crippen molar-refractivity contribution >= 4 is 23.2 Å². The number of methoxy groups -OCH3 is 1. The Kier molecular flexibility index (Phi) is 7.57. The number of aliphatic hydroxyl groups is 1. The zero-order valence-corrected chi connectivity index (χ0v) is 21.9. The van der Waals surface area contributed by atoms with Gasteiger partial charge in [-0.25, -0.2) is 19.0 Å². The summed E-state index contributed by atoms with van der Waals surface area (Å²) in [5.41, 5.74) is 0.939. The molecular weight excluding hydrogens is 508 g/mol. The first-order valence-electron chi connectivity index (χ1n) is 12.4. The minimum absolute atomic E-state index is 0.339. The van der Waals surface area contributed by atoms with Crippen LogP contribution in [0.4, 0.5) is 11.6 Å². The van der Waals surface area contributed by atoms with Crippen molar-refractivity contribution in [1.29, 1.82) is 0 Å². The van der Waals surface area contributed by atoms with Gasteiger partial charge < -0.3 is 19.6 Å². The molecule has 5 rings (SSSR count). The lowest BCUT2D eigenvalue weighted by atomic mass is 10.0. The number of benzene rings is 1. The van der Waals surface area contributed by atoms with E-state index in [1.807, 2.05) is 25.1 Å². The van der Waals surface area contributed by atoms with Gasteiger partial charge in [0.05, 0.1) is 25.0 Å². The van der Waals surface area contributed by atoms with Crippen LogP contribution in [-0.4, -0.2) is 67.9 Å². The topological polar surface area (TPSA) is 114 Å². The molecule has 0 unspecified atom stereocenters. The minimum atomic E-state index is -0.901. The van der Waals surface area contributed by atoms with Crippen LogP contribution in [0, 0.1) is 0 Å². The fourth-order valence-electron chi connectivity index (χ4n) is 4.60. The average Bonchev–Trinajstić information content (AvgIpc) is 3.34. The van der Waals surface area contributed by atoms with Crippen LogP contribution in [-0.2, 0) is 0 Å². The Morgan fingerprint density at radius 3 is 2.24 bits per heavy atom. The third-order valence-corrected chi connectivity index (χ3v) is 7.03. The second-order valence-corrected chi connectivity index (χ2v) is 9.42. The van der Waals surface area contributed by atoms with E-state index in [2.05, 4.69) is 30.1 Å². The first-order chi connectivity index (χ1) is 18.5. The van der Waals surface area contributed by atoms with Crippen molar-refractivity contribution in [3.63, 3.8) is 0 Å². The van der Waals surface area contributed by atoms with Gasteiger partial charge in [-0.15, -0.1) is 10.2 Å². The Balaban J connectivity index is 1.26. The van der Waals surface area contributed by atoms with Crippen LogP contribution in [0.5, 0.6) is 5.88 Å². The smallest absolute Gasteiger partial charge is 0.350 e. The molecule has 1 N–H and O–H groups in total. The van der Waals surface area contributed by atoms with E-state index in [0.717, 1.165) is 37.8 Å². The Morgan fingerprint density at radius 1 is 0.974 bits per heavy atom. The van der Waals surface area contributed by atoms with Crippen molar-refractivity contribution in [1.82, 2.24) is 29.5 Å². The van der Waals surface area contributed by atoms with Crippen molar-refractivity contribution in [2.45, 2.75) is 25.5 Å². The maximum atomic E-state index is 13.2. The average molecular weight is 537 g/mol. The number of hydrogen-bond donors (Lipinski definition) is 1. The van der Waals surface area contributed by atoms with E-state index in [9.17, 15) is 9.90 Å². The normalized spacial score (nSPS) is 15.4. The number of hydrogen-bond acceptors (Lipinski definition) is 9. The van der Waals surface area contributed by atoms with E-state index in [0.29, 0.717) is 28.6 Å². The SMILES string of the molecule is CC[C@H]([C@H](O)c1ccc(Cl)cc1)n1ncn(-c2ccc(N3CCN(c4ccc(OC)nn4)CC3)nc2)c1=O. The van der Waals surface area contributed by atoms with Crippen LogP contribution in [0.2, 0.25) is 5.02 Å². The predicted molar refractivity (Wildman–Crippen MR) is 144 cm³/mol. The Labute approximate surface area is 224 Å². The number of halogens is 1. The van der Waals surface area contributed by atoms with Gasteiger partial charge in [-0.2, -0.15) is 5.10 Å². The van der Waals surface area contributed by atoms with E-state index in [4.69, 9.17) is 16.3 Å². The highest BCUT2D eigenvalue weighted by Crippen LogP contribution is 2.28. The van der Waals surface area contributed by atoms with Crippen molar-refractivity contribution in [2.24, 2.45) is 0 Å². The summed E-state index contributed by atoms with van der Waals surface area (Å²) in [6.07, 6.45) is 2.75. The number of ether oxygens (including phenoxy) is 1. The summed E-state index contributed by atoms with van der Waals surface area (Å²) in [6, 6.07) is 13.9. The lowest BCUT2D eigenvalue weighted by molar-refractivity contribution is 0.101. The fourth-order valence-corrected chi connectivity index (χ4v) is 4.72. The van der Waals surface area contributed by atoms with Crippen molar-refractivity contribution in [3.05, 3.63) is 82.1 Å². The number of anilines is 2. The summed E-state index contributed by atoms with van der Waals surface area (Å²) in [5.74, 6) is 2.14. The summed E-state index contributed by atoms with van der Waals surface area (Å²) < 4.78 is 7.85. The molecule has 0 radical (unpaired) electrons. The van der Waals surface area contributed by atoms with Crippen LogP contribution >= 0.6 is 11.6 Å². The number of nitrogens with zero attached hydrogens (tertiary/aromatic N) is 8. The van der Waals surface area contributed by atoms with Gasteiger partial charge in [0.1, 0.15) is 18.2 Å². The molecule has 11 nitrogen and oxygen atoms in total. The molecular formula is C26H29ClN8O3. The zero-order valence-electron chi connectivity index (χ0n) is 21.2. The van der Waals surface area contributed by atoms with Crippen molar-refractivity contribution in [2.75, 3.05) is 43.1 Å². The molecule has 4 heterocycles. The van der Waals surface area contributed by atoms with Crippen molar-refractivity contribution < 1.29 is 9.84 Å². The monoisotopic (exact) mass is 536 g/mol. The number of aromatic nitrogens is 6. The van der Waals surface area contributed by atoms with E-state index < -0.39 is 12.1 Å². The van der Waals surface area contributed by atoms with Gasteiger partial charge in [-0.05, 0) is 42.3 Å². The van der Waals surface area contributed by atoms with Crippen LogP contribution in [0.15, 0.2) is 65.8 Å². The molecule has 0 spiro atoms. The van der Waals surface area contributed by atoms with E-state index in [1.54, 1.807) is 43.6 Å². The van der Waals surface area contributed by atoms with Gasteiger partial charge in [-0.3, -0.25) is 0 Å². The highest BCUT2D eigenvalue weighted by molar-refractivity contribution is 6.30. The summed E-state index contributed by atoms with van der Waals surface area (Å²) >= 11 is 5.97. The second kappa shape index (κ2) is 11.2. The molecule has 0 amide bonds. The molecule has 3 aromatic heterocycles. The molecule has 0 saturated carbocycles. The standard InChI is InChI=1S/C26H29ClN8O3/c1-3-21(25(36)18-4-6-19(27)7-5-18)35-26(37)34(17-29-35)20-8-9-22(28-16-20)32-12-14-33(15-13-32)23-10-11-24(38-2)31-30-23/h4-11,16-17,21,25,36H,3,12-15H2,1-2H3/t21-,25-/m1/s1. The highest BCUT2D eigenvalue weighted by Gasteiger charge is 2.25. The van der Waals surface area contributed by atoms with E-state index in [1.165, 1.54) is 15.6 Å². The molecule has 4 aromatic rings. The lowest BCUT2D eigenvalue weighted by Gasteiger charge is -2.35. The third-order valence-electron chi connectivity index (χ3n) is 6.78. The second-order valence-electron chi connectivity index (χ2n) is 8.98. The van der Waals surface area contributed by atoms with Gasteiger partial charge >= 0.3 is 5.69 Å². The molecule has 198 valence electrons. The molecule has 1 aliphatic rings. The molecule has 12 heteroatoms. The maximum Gasteiger partial charge on any atom is 0.350 e. The summed E-state index contributed by atoms with van der Waals surface area (Å²) in [6.45, 7) is 5.03. The zero-order chi connectivity index (χ0) is 26.6. The van der Waals surface area contributed by atoms with Gasteiger partial charge in [0.15, 0.2) is 5.82 Å². The Hall–Kier alpha value is -3.96. The number of aliphatic hydroxyl groups excluding tert-OH is 1. The van der Waals surface area contributed by atoms with Gasteiger partial charge in [0.25, 0.3) is 0 Å². The van der Waals surface area contributed by atoms with Crippen LogP contribution in [0.3, 0.4) is 0 Å². The first kappa shape index (κ1) is 25.7. The Bertz CT molecular complexity index is 1400. The molecule has 1 fully saturated rings. The van der Waals surface area contributed by atoms with Gasteiger partial charge in [-0.1, -0.05) is 30.7 Å². The van der Waals surface area contributed by atoms with Crippen LogP contribution in [0.25, 0.3) is 5.69 Å². The van der Waals surface area contributed by atoms with E-state index >= 15 is 0 Å².